The maximum absolute atomic E-state index is 11.7. The number of carbonyl (C=O) groups is 1. The van der Waals surface area contributed by atoms with Gasteiger partial charge in [-0.15, -0.1) is 0 Å². The second kappa shape index (κ2) is 6.83. The Morgan fingerprint density at radius 1 is 1.62 bits per heavy atom. The van der Waals surface area contributed by atoms with E-state index < -0.39 is 0 Å². The molecule has 2 atom stereocenters. The van der Waals surface area contributed by atoms with Crippen LogP contribution >= 0.6 is 0 Å². The maximum atomic E-state index is 11.7. The van der Waals surface area contributed by atoms with Gasteiger partial charge >= 0.3 is 0 Å². The lowest BCUT2D eigenvalue weighted by atomic mass is 10.1. The highest BCUT2D eigenvalue weighted by molar-refractivity contribution is 5.82. The molecule has 0 saturated carbocycles. The van der Waals surface area contributed by atoms with Gasteiger partial charge in [-0.3, -0.25) is 4.79 Å². The van der Waals surface area contributed by atoms with Gasteiger partial charge in [-0.2, -0.15) is 0 Å². The molecule has 0 spiro atoms. The summed E-state index contributed by atoms with van der Waals surface area (Å²) in [6.07, 6.45) is 0.0634. The molecule has 1 amide bonds. The van der Waals surface area contributed by atoms with Crippen LogP contribution in [0.3, 0.4) is 0 Å². The molecule has 94 valence electrons. The molecule has 5 nitrogen and oxygen atoms in total. The summed E-state index contributed by atoms with van der Waals surface area (Å²) in [4.78, 5) is 11.7. The van der Waals surface area contributed by atoms with Crippen molar-refractivity contribution in [2.45, 2.75) is 26.0 Å². The highest BCUT2D eigenvalue weighted by Crippen LogP contribution is 2.04. The number of methoxy groups -OCH3 is 1. The molecule has 1 aliphatic rings. The molecule has 1 aliphatic heterocycles. The number of carbonyl (C=O) groups excluding carboxylic acids is 1. The Kier molecular flexibility index (Phi) is 5.73. The zero-order valence-corrected chi connectivity index (χ0v) is 10.3. The summed E-state index contributed by atoms with van der Waals surface area (Å²) in [5, 5.41) is 5.99. The fraction of sp³-hybridized carbons (Fsp3) is 0.909. The van der Waals surface area contributed by atoms with E-state index in [4.69, 9.17) is 9.47 Å². The first-order chi connectivity index (χ1) is 7.65. The highest BCUT2D eigenvalue weighted by Gasteiger charge is 2.22. The van der Waals surface area contributed by atoms with Gasteiger partial charge in [0.15, 0.2) is 0 Å². The van der Waals surface area contributed by atoms with E-state index in [9.17, 15) is 4.79 Å². The topological polar surface area (TPSA) is 59.6 Å². The van der Waals surface area contributed by atoms with E-state index in [-0.39, 0.29) is 18.1 Å². The second-order valence-corrected chi connectivity index (χ2v) is 4.34. The molecule has 2 unspecified atom stereocenters. The lowest BCUT2D eigenvalue weighted by molar-refractivity contribution is -0.126. The van der Waals surface area contributed by atoms with Gasteiger partial charge in [0.2, 0.25) is 5.91 Å². The fourth-order valence-corrected chi connectivity index (χ4v) is 1.65. The van der Waals surface area contributed by atoms with Crippen LogP contribution in [0.15, 0.2) is 0 Å². The molecule has 0 aliphatic carbocycles. The average Bonchev–Trinajstić information content (AvgIpc) is 2.30. The van der Waals surface area contributed by atoms with Crippen molar-refractivity contribution in [3.63, 3.8) is 0 Å². The van der Waals surface area contributed by atoms with Crippen LogP contribution in [0.4, 0.5) is 0 Å². The number of ether oxygens (including phenoxy) is 2. The summed E-state index contributed by atoms with van der Waals surface area (Å²) < 4.78 is 10.5. The smallest absolute Gasteiger partial charge is 0.239 e. The molecule has 16 heavy (non-hydrogen) atoms. The standard InChI is InChI=1S/C11H22N2O3/c1-8(2)10(15-3)6-13-11(14)9-7-16-5-4-12-9/h8-10,12H,4-7H2,1-3H3,(H,13,14). The minimum Gasteiger partial charge on any atom is -0.379 e. The molecular formula is C11H22N2O3. The molecule has 2 N–H and O–H groups in total. The molecule has 0 aromatic carbocycles. The van der Waals surface area contributed by atoms with Crippen LogP contribution in [0.5, 0.6) is 0 Å². The van der Waals surface area contributed by atoms with Crippen molar-refractivity contribution in [2.24, 2.45) is 5.92 Å². The van der Waals surface area contributed by atoms with Crippen molar-refractivity contribution in [3.05, 3.63) is 0 Å². The van der Waals surface area contributed by atoms with Crippen molar-refractivity contribution in [1.82, 2.24) is 10.6 Å². The minimum absolute atomic E-state index is 0.0117. The van der Waals surface area contributed by atoms with E-state index in [0.29, 0.717) is 25.7 Å². The van der Waals surface area contributed by atoms with Gasteiger partial charge in [-0.05, 0) is 5.92 Å². The third kappa shape index (κ3) is 4.08. The van der Waals surface area contributed by atoms with Gasteiger partial charge in [0.25, 0.3) is 0 Å². The SMILES string of the molecule is COC(CNC(=O)C1COCCN1)C(C)C. The van der Waals surface area contributed by atoms with Gasteiger partial charge in [-0.25, -0.2) is 0 Å². The summed E-state index contributed by atoms with van der Waals surface area (Å²) >= 11 is 0. The fourth-order valence-electron chi connectivity index (χ4n) is 1.65. The first kappa shape index (κ1) is 13.4. The second-order valence-electron chi connectivity index (χ2n) is 4.34. The molecule has 1 saturated heterocycles. The zero-order valence-electron chi connectivity index (χ0n) is 10.3. The third-order valence-electron chi connectivity index (χ3n) is 2.76. The van der Waals surface area contributed by atoms with Crippen molar-refractivity contribution in [1.29, 1.82) is 0 Å². The predicted molar refractivity (Wildman–Crippen MR) is 61.3 cm³/mol. The Morgan fingerprint density at radius 3 is 2.88 bits per heavy atom. The summed E-state index contributed by atoms with van der Waals surface area (Å²) in [7, 11) is 1.67. The van der Waals surface area contributed by atoms with Gasteiger partial charge < -0.3 is 20.1 Å². The Labute approximate surface area is 96.9 Å². The molecule has 0 bridgehead atoms. The van der Waals surface area contributed by atoms with E-state index in [1.807, 2.05) is 0 Å². The van der Waals surface area contributed by atoms with Crippen molar-refractivity contribution < 1.29 is 14.3 Å². The first-order valence-electron chi connectivity index (χ1n) is 5.76. The first-order valence-corrected chi connectivity index (χ1v) is 5.76. The van der Waals surface area contributed by atoms with Crippen molar-refractivity contribution in [2.75, 3.05) is 33.4 Å². The van der Waals surface area contributed by atoms with Crippen LogP contribution in [0, 0.1) is 5.92 Å². The van der Waals surface area contributed by atoms with E-state index in [1.54, 1.807) is 7.11 Å². The molecule has 1 rings (SSSR count). The monoisotopic (exact) mass is 230 g/mol. The summed E-state index contributed by atoms with van der Waals surface area (Å²) in [6, 6.07) is -0.224. The number of rotatable bonds is 5. The zero-order chi connectivity index (χ0) is 12.0. The van der Waals surface area contributed by atoms with Crippen LogP contribution in [0.1, 0.15) is 13.8 Å². The van der Waals surface area contributed by atoms with Gasteiger partial charge in [0.05, 0.1) is 19.3 Å². The van der Waals surface area contributed by atoms with Crippen molar-refractivity contribution >= 4 is 5.91 Å². The number of morpholine rings is 1. The van der Waals surface area contributed by atoms with E-state index in [0.717, 1.165) is 6.54 Å². The maximum Gasteiger partial charge on any atom is 0.239 e. The van der Waals surface area contributed by atoms with Crippen LogP contribution in [-0.4, -0.2) is 51.5 Å². The largest absolute Gasteiger partial charge is 0.379 e. The van der Waals surface area contributed by atoms with Gasteiger partial charge in [0, 0.05) is 20.2 Å². The summed E-state index contributed by atoms with van der Waals surface area (Å²) in [6.45, 7) is 6.55. The summed E-state index contributed by atoms with van der Waals surface area (Å²) in [5.41, 5.74) is 0. The minimum atomic E-state index is -0.224. The third-order valence-corrected chi connectivity index (χ3v) is 2.76. The number of nitrogens with one attached hydrogen (secondary N) is 2. The van der Waals surface area contributed by atoms with Crippen LogP contribution < -0.4 is 10.6 Å². The lowest BCUT2D eigenvalue weighted by Gasteiger charge is -2.25. The van der Waals surface area contributed by atoms with Crippen molar-refractivity contribution in [3.8, 4) is 0 Å². The molecule has 0 radical (unpaired) electrons. The van der Waals surface area contributed by atoms with Gasteiger partial charge in [0.1, 0.15) is 6.04 Å². The molecule has 0 aromatic heterocycles. The van der Waals surface area contributed by atoms with E-state index >= 15 is 0 Å². The average molecular weight is 230 g/mol. The van der Waals surface area contributed by atoms with Crippen LogP contribution in [-0.2, 0) is 14.3 Å². The number of hydrogen-bond acceptors (Lipinski definition) is 4. The Morgan fingerprint density at radius 2 is 2.38 bits per heavy atom. The highest BCUT2D eigenvalue weighted by atomic mass is 16.5. The number of hydrogen-bond donors (Lipinski definition) is 2. The Bertz CT molecular complexity index is 215. The molecule has 5 heteroatoms. The van der Waals surface area contributed by atoms with E-state index in [1.165, 1.54) is 0 Å². The molecule has 1 heterocycles. The number of amides is 1. The van der Waals surface area contributed by atoms with E-state index in [2.05, 4.69) is 24.5 Å². The molecule has 1 fully saturated rings. The normalized spacial score (nSPS) is 23.1. The summed E-state index contributed by atoms with van der Waals surface area (Å²) in [5.74, 6) is 0.378. The quantitative estimate of drug-likeness (QED) is 0.684. The van der Waals surface area contributed by atoms with Crippen LogP contribution in [0.2, 0.25) is 0 Å². The molecular weight excluding hydrogens is 208 g/mol. The van der Waals surface area contributed by atoms with Crippen LogP contribution in [0.25, 0.3) is 0 Å². The lowest BCUT2D eigenvalue weighted by Crippen LogP contribution is -2.52. The Hall–Kier alpha value is -0.650. The van der Waals surface area contributed by atoms with Gasteiger partial charge in [-0.1, -0.05) is 13.8 Å². The molecule has 0 aromatic rings. The predicted octanol–water partition coefficient (Wildman–Crippen LogP) is -0.238. The Balaban J connectivity index is 2.27.